The molecule has 1 N–H and O–H groups in total. The Morgan fingerprint density at radius 2 is 1.90 bits per heavy atom. The number of amides is 1. The molecule has 2 aromatic heterocycles. The third-order valence-electron chi connectivity index (χ3n) is 5.43. The van der Waals surface area contributed by atoms with E-state index in [0.717, 1.165) is 5.56 Å². The summed E-state index contributed by atoms with van der Waals surface area (Å²) >= 11 is 0. The fraction of sp³-hybridized carbons (Fsp3) is 0.381. The molecule has 2 unspecified atom stereocenters. The monoisotopic (exact) mass is 403 g/mol. The highest BCUT2D eigenvalue weighted by atomic mass is 19.4. The number of pyridine rings is 1. The van der Waals surface area contributed by atoms with Crippen LogP contribution in [0.4, 0.5) is 13.2 Å². The predicted molar refractivity (Wildman–Crippen MR) is 101 cm³/mol. The number of nitrogens with zero attached hydrogens (tertiary/aromatic N) is 2. The number of hydrogen-bond donors (Lipinski definition) is 1. The Morgan fingerprint density at radius 3 is 2.62 bits per heavy atom. The van der Waals surface area contributed by atoms with Gasteiger partial charge in [0, 0.05) is 11.6 Å². The lowest BCUT2D eigenvalue weighted by Crippen LogP contribution is -2.47. The Balaban J connectivity index is 1.72. The second-order valence-electron chi connectivity index (χ2n) is 7.38. The number of nitrogens with one attached hydrogen (secondary N) is 1. The Morgan fingerprint density at radius 1 is 1.17 bits per heavy atom. The van der Waals surface area contributed by atoms with Crippen molar-refractivity contribution in [1.82, 2.24) is 15.5 Å². The maximum Gasteiger partial charge on any atom is 0.393 e. The lowest BCUT2D eigenvalue weighted by Gasteiger charge is -2.33. The Hall–Kier alpha value is -2.90. The van der Waals surface area contributed by atoms with Gasteiger partial charge in [-0.15, -0.1) is 0 Å². The van der Waals surface area contributed by atoms with Gasteiger partial charge in [0.1, 0.15) is 0 Å². The van der Waals surface area contributed by atoms with E-state index in [1.165, 1.54) is 0 Å². The molecule has 1 saturated carbocycles. The Bertz CT molecular complexity index is 1030. The van der Waals surface area contributed by atoms with Crippen LogP contribution >= 0.6 is 0 Å². The number of hydrogen-bond acceptors (Lipinski definition) is 4. The van der Waals surface area contributed by atoms with Crippen LogP contribution in [-0.4, -0.2) is 28.3 Å². The van der Waals surface area contributed by atoms with Crippen molar-refractivity contribution in [2.45, 2.75) is 44.8 Å². The smallest absolute Gasteiger partial charge is 0.349 e. The lowest BCUT2D eigenvalue weighted by atomic mass is 9.84. The van der Waals surface area contributed by atoms with Crippen molar-refractivity contribution in [2.75, 3.05) is 0 Å². The van der Waals surface area contributed by atoms with E-state index in [0.29, 0.717) is 36.0 Å². The molecule has 0 radical (unpaired) electrons. The SMILES string of the molecule is Cc1noc2nc(-c3ccccc3)cc(C(=O)NC3CCCCC3C(F)(F)F)c12. The summed E-state index contributed by atoms with van der Waals surface area (Å²) in [7, 11) is 0. The van der Waals surface area contributed by atoms with Gasteiger partial charge in [0.25, 0.3) is 11.6 Å². The quantitative estimate of drug-likeness (QED) is 0.665. The molecule has 2 atom stereocenters. The number of halogens is 3. The first kappa shape index (κ1) is 19.4. The predicted octanol–water partition coefficient (Wildman–Crippen LogP) is 5.05. The second-order valence-corrected chi connectivity index (χ2v) is 7.38. The molecule has 1 aliphatic carbocycles. The van der Waals surface area contributed by atoms with Crippen LogP contribution < -0.4 is 5.32 Å². The molecule has 4 rings (SSSR count). The Kier molecular flexibility index (Phi) is 5.02. The van der Waals surface area contributed by atoms with Crippen LogP contribution in [0.2, 0.25) is 0 Å². The van der Waals surface area contributed by atoms with Crippen molar-refractivity contribution in [3.63, 3.8) is 0 Å². The largest absolute Gasteiger partial charge is 0.393 e. The maximum atomic E-state index is 13.4. The van der Waals surface area contributed by atoms with Gasteiger partial charge in [-0.3, -0.25) is 4.79 Å². The zero-order valence-corrected chi connectivity index (χ0v) is 15.8. The van der Waals surface area contributed by atoms with Crippen molar-refractivity contribution >= 4 is 17.0 Å². The van der Waals surface area contributed by atoms with E-state index in [-0.39, 0.29) is 17.7 Å². The van der Waals surface area contributed by atoms with Crippen LogP contribution in [0.15, 0.2) is 40.9 Å². The molecular weight excluding hydrogens is 383 g/mol. The fourth-order valence-electron chi connectivity index (χ4n) is 3.97. The van der Waals surface area contributed by atoms with Crippen LogP contribution in [0, 0.1) is 12.8 Å². The molecule has 1 fully saturated rings. The molecule has 3 aromatic rings. The topological polar surface area (TPSA) is 68.0 Å². The highest BCUT2D eigenvalue weighted by molar-refractivity contribution is 6.07. The van der Waals surface area contributed by atoms with Crippen LogP contribution in [0.5, 0.6) is 0 Å². The highest BCUT2D eigenvalue weighted by Gasteiger charge is 2.46. The number of carbonyl (C=O) groups excluding carboxylic acids is 1. The zero-order valence-electron chi connectivity index (χ0n) is 15.8. The molecule has 0 bridgehead atoms. The van der Waals surface area contributed by atoms with E-state index in [2.05, 4.69) is 15.5 Å². The summed E-state index contributed by atoms with van der Waals surface area (Å²) in [6.45, 7) is 1.67. The van der Waals surface area contributed by atoms with Crippen molar-refractivity contribution in [2.24, 2.45) is 5.92 Å². The van der Waals surface area contributed by atoms with Gasteiger partial charge in [-0.2, -0.15) is 13.2 Å². The second kappa shape index (κ2) is 7.50. The number of benzene rings is 1. The molecule has 1 aromatic carbocycles. The first-order valence-electron chi connectivity index (χ1n) is 9.54. The highest BCUT2D eigenvalue weighted by Crippen LogP contribution is 2.38. The molecule has 8 heteroatoms. The number of carbonyl (C=O) groups is 1. The average Bonchev–Trinajstić information content (AvgIpc) is 3.08. The summed E-state index contributed by atoms with van der Waals surface area (Å²) in [6.07, 6.45) is -2.84. The van der Waals surface area contributed by atoms with Gasteiger partial charge in [0.15, 0.2) is 0 Å². The van der Waals surface area contributed by atoms with Crippen LogP contribution in [0.25, 0.3) is 22.4 Å². The van der Waals surface area contributed by atoms with Crippen molar-refractivity contribution in [3.8, 4) is 11.3 Å². The van der Waals surface area contributed by atoms with E-state index in [1.54, 1.807) is 13.0 Å². The molecule has 152 valence electrons. The number of alkyl halides is 3. The number of fused-ring (bicyclic) bond motifs is 1. The summed E-state index contributed by atoms with van der Waals surface area (Å²) in [4.78, 5) is 17.5. The summed E-state index contributed by atoms with van der Waals surface area (Å²) < 4.78 is 45.5. The van der Waals surface area contributed by atoms with Gasteiger partial charge in [-0.1, -0.05) is 48.3 Å². The first-order chi connectivity index (χ1) is 13.8. The fourth-order valence-corrected chi connectivity index (χ4v) is 3.97. The average molecular weight is 403 g/mol. The van der Waals surface area contributed by atoms with Gasteiger partial charge in [-0.25, -0.2) is 4.98 Å². The molecule has 1 amide bonds. The van der Waals surface area contributed by atoms with Crippen LogP contribution in [-0.2, 0) is 0 Å². The van der Waals surface area contributed by atoms with Crippen molar-refractivity contribution < 1.29 is 22.5 Å². The molecular formula is C21H20F3N3O2. The van der Waals surface area contributed by atoms with Crippen molar-refractivity contribution in [1.29, 1.82) is 0 Å². The molecule has 0 saturated heterocycles. The van der Waals surface area contributed by atoms with E-state index < -0.39 is 24.0 Å². The number of rotatable bonds is 3. The van der Waals surface area contributed by atoms with Gasteiger partial charge < -0.3 is 9.84 Å². The van der Waals surface area contributed by atoms with Gasteiger partial charge >= 0.3 is 6.18 Å². The minimum Gasteiger partial charge on any atom is -0.349 e. The van der Waals surface area contributed by atoms with E-state index in [9.17, 15) is 18.0 Å². The standard InChI is InChI=1S/C21H20F3N3O2/c1-12-18-14(19(28)25-16-10-6-5-9-15(16)21(22,23)24)11-17(26-20(18)29-27-12)13-7-3-2-4-8-13/h2-4,7-8,11,15-16H,5-6,9-10H2,1H3,(H,25,28). The Labute approximate surface area is 165 Å². The lowest BCUT2D eigenvalue weighted by molar-refractivity contribution is -0.187. The van der Waals surface area contributed by atoms with Crippen molar-refractivity contribution in [3.05, 3.63) is 47.7 Å². The van der Waals surface area contributed by atoms with Crippen LogP contribution in [0.1, 0.15) is 41.7 Å². The maximum absolute atomic E-state index is 13.4. The normalized spacial score (nSPS) is 20.0. The molecule has 1 aliphatic rings. The first-order valence-corrected chi connectivity index (χ1v) is 9.54. The summed E-state index contributed by atoms with van der Waals surface area (Å²) in [5.74, 6) is -2.10. The molecule has 0 aliphatic heterocycles. The number of aryl methyl sites for hydroxylation is 1. The minimum atomic E-state index is -4.34. The van der Waals surface area contributed by atoms with E-state index in [4.69, 9.17) is 4.52 Å². The molecule has 5 nitrogen and oxygen atoms in total. The van der Waals surface area contributed by atoms with E-state index in [1.807, 2.05) is 30.3 Å². The molecule has 29 heavy (non-hydrogen) atoms. The van der Waals surface area contributed by atoms with Gasteiger partial charge in [0.2, 0.25) is 0 Å². The van der Waals surface area contributed by atoms with Crippen LogP contribution in [0.3, 0.4) is 0 Å². The third kappa shape index (κ3) is 3.83. The zero-order chi connectivity index (χ0) is 20.6. The number of aromatic nitrogens is 2. The minimum absolute atomic E-state index is 0.0295. The van der Waals surface area contributed by atoms with Gasteiger partial charge in [0.05, 0.1) is 28.3 Å². The summed E-state index contributed by atoms with van der Waals surface area (Å²) in [5, 5.41) is 6.92. The molecule has 2 heterocycles. The van der Waals surface area contributed by atoms with E-state index >= 15 is 0 Å². The summed E-state index contributed by atoms with van der Waals surface area (Å²) in [5.41, 5.74) is 2.14. The third-order valence-corrected chi connectivity index (χ3v) is 5.43. The molecule has 0 spiro atoms. The summed E-state index contributed by atoms with van der Waals surface area (Å²) in [6, 6.07) is 9.84. The van der Waals surface area contributed by atoms with Gasteiger partial charge in [-0.05, 0) is 25.8 Å².